The Balaban J connectivity index is 1.45. The zero-order valence-corrected chi connectivity index (χ0v) is 15.5. The van der Waals surface area contributed by atoms with Crippen LogP contribution in [0.15, 0.2) is 48.1 Å². The van der Waals surface area contributed by atoms with Crippen LogP contribution in [0.25, 0.3) is 0 Å². The maximum atomic E-state index is 4.70. The minimum absolute atomic E-state index is 0.507. The number of imidazole rings is 1. The van der Waals surface area contributed by atoms with Crippen LogP contribution in [0.3, 0.4) is 0 Å². The van der Waals surface area contributed by atoms with E-state index in [1.165, 1.54) is 29.9 Å². The number of thiazole rings is 1. The fourth-order valence-corrected chi connectivity index (χ4v) is 4.32. The second-order valence-corrected chi connectivity index (χ2v) is 7.89. The molecule has 3 heterocycles. The maximum Gasteiger partial charge on any atom is 0.113 e. The van der Waals surface area contributed by atoms with E-state index in [1.807, 2.05) is 6.20 Å². The van der Waals surface area contributed by atoms with Crippen LogP contribution in [-0.4, -0.2) is 32.5 Å². The third kappa shape index (κ3) is 3.99. The van der Waals surface area contributed by atoms with Gasteiger partial charge in [0.25, 0.3) is 0 Å². The summed E-state index contributed by atoms with van der Waals surface area (Å²) in [6.07, 6.45) is 6.51. The maximum absolute atomic E-state index is 4.70. The van der Waals surface area contributed by atoms with Gasteiger partial charge in [0.2, 0.25) is 0 Å². The van der Waals surface area contributed by atoms with Crippen LogP contribution < -0.4 is 0 Å². The Bertz CT molecular complexity index is 808. The van der Waals surface area contributed by atoms with Crippen molar-refractivity contribution >= 4 is 11.3 Å². The molecule has 0 spiro atoms. The highest BCUT2D eigenvalue weighted by molar-refractivity contribution is 7.09. The molecule has 1 fully saturated rings. The Labute approximate surface area is 153 Å². The largest absolute Gasteiger partial charge is 0.330 e. The zero-order valence-electron chi connectivity index (χ0n) is 14.6. The monoisotopic (exact) mass is 352 g/mol. The summed E-state index contributed by atoms with van der Waals surface area (Å²) >= 11 is 1.74. The van der Waals surface area contributed by atoms with E-state index in [-0.39, 0.29) is 0 Å². The molecule has 1 aliphatic heterocycles. The lowest BCUT2D eigenvalue weighted by atomic mass is 9.97. The number of aryl methyl sites for hydroxylation is 1. The molecule has 5 heteroatoms. The quantitative estimate of drug-likeness (QED) is 0.694. The molecule has 3 aromatic rings. The van der Waals surface area contributed by atoms with Crippen molar-refractivity contribution in [2.24, 2.45) is 0 Å². The number of hydrogen-bond acceptors (Lipinski definition) is 4. The number of aromatic nitrogens is 3. The highest BCUT2D eigenvalue weighted by Gasteiger charge is 2.25. The van der Waals surface area contributed by atoms with Crippen LogP contribution >= 0.6 is 11.3 Å². The molecule has 130 valence electrons. The first-order valence-electron chi connectivity index (χ1n) is 8.96. The summed E-state index contributed by atoms with van der Waals surface area (Å²) in [6.45, 7) is 6.17. The molecular formula is C20H24N4S. The predicted octanol–water partition coefficient (Wildman–Crippen LogP) is 4.08. The third-order valence-electron chi connectivity index (χ3n) is 4.87. The van der Waals surface area contributed by atoms with Crippen molar-refractivity contribution in [2.75, 3.05) is 13.1 Å². The first kappa shape index (κ1) is 16.5. The van der Waals surface area contributed by atoms with Gasteiger partial charge >= 0.3 is 0 Å². The lowest BCUT2D eigenvalue weighted by Crippen LogP contribution is -2.35. The van der Waals surface area contributed by atoms with Crippen LogP contribution in [0.1, 0.15) is 40.8 Å². The van der Waals surface area contributed by atoms with E-state index in [4.69, 9.17) is 4.98 Å². The van der Waals surface area contributed by atoms with Gasteiger partial charge in [-0.25, -0.2) is 9.97 Å². The molecule has 4 rings (SSSR count). The lowest BCUT2D eigenvalue weighted by molar-refractivity contribution is 0.193. The second kappa shape index (κ2) is 7.50. The number of hydrogen-bond donors (Lipinski definition) is 0. The van der Waals surface area contributed by atoms with Gasteiger partial charge in [0.05, 0.1) is 10.7 Å². The average molecular weight is 353 g/mol. The number of piperidine rings is 1. The zero-order chi connectivity index (χ0) is 17.1. The van der Waals surface area contributed by atoms with E-state index in [0.29, 0.717) is 5.92 Å². The smallest absolute Gasteiger partial charge is 0.113 e. The van der Waals surface area contributed by atoms with Gasteiger partial charge in [-0.15, -0.1) is 11.3 Å². The molecule has 1 aromatic carbocycles. The van der Waals surface area contributed by atoms with Gasteiger partial charge in [0.15, 0.2) is 0 Å². The van der Waals surface area contributed by atoms with E-state index in [1.54, 1.807) is 11.3 Å². The fraction of sp³-hybridized carbons (Fsp3) is 0.400. The van der Waals surface area contributed by atoms with E-state index < -0.39 is 0 Å². The topological polar surface area (TPSA) is 34.0 Å². The van der Waals surface area contributed by atoms with Gasteiger partial charge in [-0.3, -0.25) is 4.90 Å². The van der Waals surface area contributed by atoms with Crippen LogP contribution in [0.4, 0.5) is 0 Å². The van der Waals surface area contributed by atoms with Gasteiger partial charge in [0, 0.05) is 43.3 Å². The second-order valence-electron chi connectivity index (χ2n) is 6.83. The average Bonchev–Trinajstić information content (AvgIpc) is 3.25. The van der Waals surface area contributed by atoms with Gasteiger partial charge < -0.3 is 4.57 Å². The summed E-state index contributed by atoms with van der Waals surface area (Å²) in [5, 5.41) is 3.34. The lowest BCUT2D eigenvalue weighted by Gasteiger charge is -2.32. The minimum Gasteiger partial charge on any atom is -0.330 e. The Morgan fingerprint density at radius 2 is 2.08 bits per heavy atom. The molecule has 1 atom stereocenters. The molecular weight excluding hydrogens is 328 g/mol. The van der Waals surface area contributed by atoms with Crippen LogP contribution in [0, 0.1) is 6.92 Å². The summed E-state index contributed by atoms with van der Waals surface area (Å²) in [6, 6.07) is 10.6. The van der Waals surface area contributed by atoms with E-state index in [0.717, 1.165) is 31.2 Å². The minimum atomic E-state index is 0.507. The van der Waals surface area contributed by atoms with Crippen LogP contribution in [0.5, 0.6) is 0 Å². The van der Waals surface area contributed by atoms with E-state index in [9.17, 15) is 0 Å². The van der Waals surface area contributed by atoms with Gasteiger partial charge in [-0.05, 0) is 31.9 Å². The summed E-state index contributed by atoms with van der Waals surface area (Å²) in [4.78, 5) is 11.9. The summed E-state index contributed by atoms with van der Waals surface area (Å²) in [7, 11) is 0. The Morgan fingerprint density at radius 1 is 1.20 bits per heavy atom. The van der Waals surface area contributed by atoms with Crippen molar-refractivity contribution in [3.63, 3.8) is 0 Å². The Morgan fingerprint density at radius 3 is 2.88 bits per heavy atom. The van der Waals surface area contributed by atoms with Gasteiger partial charge in [0.1, 0.15) is 5.82 Å². The van der Waals surface area contributed by atoms with Gasteiger partial charge in [-0.1, -0.05) is 30.3 Å². The molecule has 1 saturated heterocycles. The molecule has 0 aliphatic carbocycles. The Hall–Kier alpha value is -1.98. The molecule has 25 heavy (non-hydrogen) atoms. The summed E-state index contributed by atoms with van der Waals surface area (Å²) < 4.78 is 2.32. The Kier molecular flexibility index (Phi) is 4.95. The summed E-state index contributed by atoms with van der Waals surface area (Å²) in [5.74, 6) is 1.73. The number of nitrogens with zero attached hydrogens (tertiary/aromatic N) is 4. The first-order chi connectivity index (χ1) is 12.3. The fourth-order valence-electron chi connectivity index (χ4n) is 3.71. The van der Waals surface area contributed by atoms with Crippen molar-refractivity contribution in [1.29, 1.82) is 0 Å². The number of benzene rings is 1. The van der Waals surface area contributed by atoms with E-state index in [2.05, 4.69) is 63.3 Å². The molecule has 0 amide bonds. The molecule has 2 aromatic heterocycles. The SMILES string of the molecule is Cc1nc(CN2CCCC(c3nccn3Cc3ccccc3)C2)cs1. The molecule has 0 N–H and O–H groups in total. The van der Waals surface area contributed by atoms with Crippen molar-refractivity contribution < 1.29 is 0 Å². The van der Waals surface area contributed by atoms with Crippen LogP contribution in [-0.2, 0) is 13.1 Å². The molecule has 0 saturated carbocycles. The highest BCUT2D eigenvalue weighted by atomic mass is 32.1. The van der Waals surface area contributed by atoms with Crippen molar-refractivity contribution in [3.8, 4) is 0 Å². The van der Waals surface area contributed by atoms with E-state index >= 15 is 0 Å². The molecule has 1 unspecified atom stereocenters. The van der Waals surface area contributed by atoms with Gasteiger partial charge in [-0.2, -0.15) is 0 Å². The highest BCUT2D eigenvalue weighted by Crippen LogP contribution is 2.27. The standard InChI is InChI=1S/C20H24N4S/c1-16-22-19(15-25-16)14-23-10-5-8-18(13-23)20-21-9-11-24(20)12-17-6-3-2-4-7-17/h2-4,6-7,9,11,15,18H,5,8,10,12-14H2,1H3. The normalized spacial score (nSPS) is 18.5. The number of rotatable bonds is 5. The first-order valence-corrected chi connectivity index (χ1v) is 9.84. The predicted molar refractivity (Wildman–Crippen MR) is 102 cm³/mol. The number of likely N-dealkylation sites (tertiary alicyclic amines) is 1. The van der Waals surface area contributed by atoms with Crippen molar-refractivity contribution in [2.45, 2.75) is 38.8 Å². The van der Waals surface area contributed by atoms with Crippen molar-refractivity contribution in [1.82, 2.24) is 19.4 Å². The summed E-state index contributed by atoms with van der Waals surface area (Å²) in [5.41, 5.74) is 2.53. The van der Waals surface area contributed by atoms with Crippen LogP contribution in [0.2, 0.25) is 0 Å². The molecule has 0 radical (unpaired) electrons. The molecule has 1 aliphatic rings. The van der Waals surface area contributed by atoms with Crippen molar-refractivity contribution in [3.05, 3.63) is 70.2 Å². The molecule has 4 nitrogen and oxygen atoms in total. The molecule has 0 bridgehead atoms. The third-order valence-corrected chi connectivity index (χ3v) is 5.69.